The Morgan fingerprint density at radius 3 is 2.54 bits per heavy atom. The van der Waals surface area contributed by atoms with Gasteiger partial charge in [-0.15, -0.1) is 40.0 Å². The highest BCUT2D eigenvalue weighted by atomic mass is 32.2. The summed E-state index contributed by atoms with van der Waals surface area (Å²) in [5.74, 6) is -5.43. The molecule has 1 aromatic carbocycles. The van der Waals surface area contributed by atoms with Crippen molar-refractivity contribution in [3.8, 4) is 11.5 Å². The molecule has 0 unspecified atom stereocenters. The molecule has 2 atom stereocenters. The number of nitrogens with zero attached hydrogens (tertiary/aromatic N) is 7. The Morgan fingerprint density at radius 2 is 1.86 bits per heavy atom. The number of benzene rings is 1. The molecule has 10 N–H and O–H groups in total. The molecule has 1 fully saturated rings. The van der Waals surface area contributed by atoms with Crippen LogP contribution in [0.2, 0.25) is 0 Å². The summed E-state index contributed by atoms with van der Waals surface area (Å²) in [6.45, 7) is 4.22. The lowest BCUT2D eigenvalue weighted by molar-refractivity contribution is -0.150. The Kier molecular flexibility index (Phi) is 12.2. The SMILES string of the molecule is Cc1nc2nc(CCC(=O)NO)cc(SCC3=C(C(=O)O)N4C(=O)[C@@H](NC(=O)/C(=N\OC(C)(C)C(=O)NNC(=O)c5ccc(O)c(O)c5)c5csc(N)n5)[C@H]4SC3)n2n1. The zero-order chi connectivity index (χ0) is 42.8. The van der Waals surface area contributed by atoms with Crippen LogP contribution in [0.3, 0.4) is 0 Å². The van der Waals surface area contributed by atoms with Crippen LogP contribution in [0.25, 0.3) is 5.78 Å². The zero-order valence-electron chi connectivity index (χ0n) is 30.9. The third-order valence-corrected chi connectivity index (χ3v) is 11.6. The molecular formula is C33H34N12O11S3. The van der Waals surface area contributed by atoms with Gasteiger partial charge in [0.15, 0.2) is 22.3 Å². The minimum atomic E-state index is -1.83. The van der Waals surface area contributed by atoms with Crippen molar-refractivity contribution in [1.82, 2.24) is 51.1 Å². The predicted molar refractivity (Wildman–Crippen MR) is 208 cm³/mol. The molecule has 5 amide bonds. The number of phenolic OH excluding ortho intramolecular Hbond substituents is 2. The molecule has 0 aliphatic carbocycles. The number of hydroxylamine groups is 1. The van der Waals surface area contributed by atoms with Crippen molar-refractivity contribution in [2.45, 2.75) is 55.7 Å². The summed E-state index contributed by atoms with van der Waals surface area (Å²) in [5.41, 5.74) is 9.85. The van der Waals surface area contributed by atoms with Crippen molar-refractivity contribution in [1.29, 1.82) is 0 Å². The van der Waals surface area contributed by atoms with Gasteiger partial charge in [-0.25, -0.2) is 20.2 Å². The second-order valence-corrected chi connectivity index (χ2v) is 16.1. The molecule has 0 radical (unpaired) electrons. The van der Waals surface area contributed by atoms with Crippen molar-refractivity contribution in [2.75, 3.05) is 17.2 Å². The molecule has 5 heterocycles. The number of carboxylic acids is 1. The van der Waals surface area contributed by atoms with Gasteiger partial charge in [-0.2, -0.15) is 9.50 Å². The van der Waals surface area contributed by atoms with Crippen LogP contribution in [0.15, 0.2) is 51.1 Å². The van der Waals surface area contributed by atoms with E-state index in [4.69, 9.17) is 15.8 Å². The molecule has 0 spiro atoms. The number of nitrogens with one attached hydrogen (secondary N) is 4. The highest BCUT2D eigenvalue weighted by molar-refractivity contribution is 8.01. The Labute approximate surface area is 344 Å². The maximum absolute atomic E-state index is 13.7. The Bertz CT molecular complexity index is 2450. The number of rotatable bonds is 14. The number of aromatic hydroxyl groups is 2. The Balaban J connectivity index is 1.14. The summed E-state index contributed by atoms with van der Waals surface area (Å²) in [6.07, 6.45) is 0.125. The summed E-state index contributed by atoms with van der Waals surface area (Å²) in [4.78, 5) is 96.3. The van der Waals surface area contributed by atoms with Crippen LogP contribution >= 0.6 is 34.9 Å². The number of aliphatic carboxylic acids is 1. The average molecular weight is 871 g/mol. The lowest BCUT2D eigenvalue weighted by Gasteiger charge is -2.49. The van der Waals surface area contributed by atoms with Crippen LogP contribution in [0, 0.1) is 6.92 Å². The second kappa shape index (κ2) is 17.1. The van der Waals surface area contributed by atoms with Crippen LogP contribution in [-0.2, 0) is 35.2 Å². The van der Waals surface area contributed by atoms with Crippen molar-refractivity contribution >= 4 is 87.0 Å². The highest BCUT2D eigenvalue weighted by Gasteiger charge is 2.54. The fourth-order valence-electron chi connectivity index (χ4n) is 5.48. The van der Waals surface area contributed by atoms with E-state index in [1.54, 1.807) is 18.5 Å². The lowest BCUT2D eigenvalue weighted by atomic mass is 10.0. The van der Waals surface area contributed by atoms with Gasteiger partial charge in [0.2, 0.25) is 11.5 Å². The topological polar surface area (TPSA) is 338 Å². The van der Waals surface area contributed by atoms with E-state index in [2.05, 4.69) is 41.4 Å². The minimum Gasteiger partial charge on any atom is -0.504 e. The van der Waals surface area contributed by atoms with Crippen LogP contribution in [0.4, 0.5) is 5.13 Å². The molecule has 2 aliphatic rings. The van der Waals surface area contributed by atoms with Crippen molar-refractivity contribution in [3.63, 3.8) is 0 Å². The maximum atomic E-state index is 13.7. The number of carboxylic acid groups (broad SMARTS) is 1. The van der Waals surface area contributed by atoms with E-state index in [9.17, 15) is 44.1 Å². The Morgan fingerprint density at radius 1 is 1.10 bits per heavy atom. The standard InChI is InChI=1S/C33H34N12O11S3/c1-13-35-32-36-16(5-7-20(48)42-55)9-21(45(32)41-13)57-10-15-11-58-28-23(27(51)44(28)24(15)29(52)53)38-26(50)22(17-12-59-31(34)37-17)43-56-33(2,3)30(54)40-39-25(49)14-4-6-18(46)19(47)8-14/h4,6,8-9,12,23,28,46-47,55H,5,7,10-11H2,1-3H3,(H2,34,37)(H,38,50)(H,39,49)(H,40,54)(H,42,48)(H,52,53)/b43-22-/t23-,28-/m1/s1. The van der Waals surface area contributed by atoms with Crippen LogP contribution in [0.5, 0.6) is 11.5 Å². The average Bonchev–Trinajstić information content (AvgIpc) is 3.81. The van der Waals surface area contributed by atoms with Gasteiger partial charge in [-0.3, -0.25) is 44.9 Å². The van der Waals surface area contributed by atoms with Gasteiger partial charge in [0.25, 0.3) is 29.4 Å². The number of phenols is 2. The second-order valence-electron chi connectivity index (χ2n) is 13.1. The molecule has 0 saturated carbocycles. The molecular weight excluding hydrogens is 837 g/mol. The number of hydrazine groups is 1. The molecule has 6 rings (SSSR count). The largest absolute Gasteiger partial charge is 0.504 e. The molecule has 0 bridgehead atoms. The number of nitrogen functional groups attached to an aromatic ring is 1. The monoisotopic (exact) mass is 870 g/mol. The number of hydrogen-bond donors (Lipinski definition) is 9. The van der Waals surface area contributed by atoms with Crippen LogP contribution in [-0.4, -0.2) is 120 Å². The summed E-state index contributed by atoms with van der Waals surface area (Å²) in [6, 6.07) is 3.74. The number of oxime groups is 1. The van der Waals surface area contributed by atoms with E-state index in [-0.39, 0.29) is 52.2 Å². The first-order valence-corrected chi connectivity index (χ1v) is 20.0. The molecule has 1 saturated heterocycles. The number of fused-ring (bicyclic) bond motifs is 2. The maximum Gasteiger partial charge on any atom is 0.352 e. The number of β-lactam (4-membered cyclic amide) rings is 1. The van der Waals surface area contributed by atoms with Crippen LogP contribution in [0.1, 0.15) is 47.8 Å². The molecule has 59 heavy (non-hydrogen) atoms. The summed E-state index contributed by atoms with van der Waals surface area (Å²) >= 11 is 3.41. The van der Waals surface area contributed by atoms with Crippen LogP contribution < -0.4 is 27.4 Å². The molecule has 2 aliphatic heterocycles. The summed E-state index contributed by atoms with van der Waals surface area (Å²) < 4.78 is 1.48. The summed E-state index contributed by atoms with van der Waals surface area (Å²) in [7, 11) is 0. The number of anilines is 1. The third-order valence-electron chi connectivity index (χ3n) is 8.52. The fourth-order valence-corrected chi connectivity index (χ4v) is 8.53. The number of nitrogens with two attached hydrogens (primary N) is 1. The number of thiazole rings is 1. The van der Waals surface area contributed by atoms with Gasteiger partial charge >= 0.3 is 5.97 Å². The van der Waals surface area contributed by atoms with Gasteiger partial charge < -0.3 is 31.2 Å². The number of aromatic nitrogens is 5. The Hall–Kier alpha value is -6.51. The van der Waals surface area contributed by atoms with Gasteiger partial charge in [-0.05, 0) is 57.0 Å². The smallest absolute Gasteiger partial charge is 0.352 e. The molecule has 310 valence electrons. The quantitative estimate of drug-likeness (QED) is 0.0151. The van der Waals surface area contributed by atoms with Crippen molar-refractivity contribution in [2.24, 2.45) is 5.16 Å². The third kappa shape index (κ3) is 9.14. The zero-order valence-corrected chi connectivity index (χ0v) is 33.4. The molecule has 23 nitrogen and oxygen atoms in total. The minimum absolute atomic E-state index is 0.0517. The first-order valence-electron chi connectivity index (χ1n) is 17.1. The van der Waals surface area contributed by atoms with Gasteiger partial charge in [0, 0.05) is 34.6 Å². The van der Waals surface area contributed by atoms with E-state index in [1.807, 2.05) is 0 Å². The van der Waals surface area contributed by atoms with E-state index in [0.29, 0.717) is 22.1 Å². The van der Waals surface area contributed by atoms with E-state index >= 15 is 0 Å². The molecule has 26 heteroatoms. The van der Waals surface area contributed by atoms with Gasteiger partial charge in [-0.1, -0.05) is 5.16 Å². The van der Waals surface area contributed by atoms with E-state index in [1.165, 1.54) is 53.3 Å². The number of amides is 5. The fraction of sp³-hybridized carbons (Fsp3) is 0.303. The van der Waals surface area contributed by atoms with Gasteiger partial charge in [0.1, 0.15) is 33.7 Å². The van der Waals surface area contributed by atoms with E-state index in [0.717, 1.165) is 28.4 Å². The first kappa shape index (κ1) is 42.1. The van der Waals surface area contributed by atoms with Gasteiger partial charge in [0.05, 0.1) is 0 Å². The summed E-state index contributed by atoms with van der Waals surface area (Å²) in [5, 5.41) is 50.3. The number of carbonyl (C=O) groups excluding carboxylic acids is 5. The predicted octanol–water partition coefficient (Wildman–Crippen LogP) is -0.188. The highest BCUT2D eigenvalue weighted by Crippen LogP contribution is 2.42. The number of carbonyl (C=O) groups is 6. The normalized spacial score (nSPS) is 16.6. The number of aryl methyl sites for hydroxylation is 2. The van der Waals surface area contributed by atoms with E-state index < -0.39 is 69.7 Å². The number of hydrogen-bond acceptors (Lipinski definition) is 19. The lowest BCUT2D eigenvalue weighted by Crippen LogP contribution is -2.71. The molecule has 4 aromatic rings. The number of thioether (sulfide) groups is 2. The molecule has 3 aromatic heterocycles. The van der Waals surface area contributed by atoms with Crippen molar-refractivity contribution < 1.29 is 54.1 Å². The van der Waals surface area contributed by atoms with Crippen molar-refractivity contribution in [3.05, 3.63) is 63.7 Å². The first-order chi connectivity index (χ1) is 28.0.